The topological polar surface area (TPSA) is 136 Å². The molecular formula is C16H20N4O6. The lowest BCUT2D eigenvalue weighted by atomic mass is 10.2. The predicted molar refractivity (Wildman–Crippen MR) is 88.4 cm³/mol. The summed E-state index contributed by atoms with van der Waals surface area (Å²) in [6.45, 7) is 0.148. The van der Waals surface area contributed by atoms with Crippen molar-refractivity contribution in [2.45, 2.75) is 50.9 Å². The van der Waals surface area contributed by atoms with Gasteiger partial charge in [0.2, 0.25) is 0 Å². The number of fused-ring (bicyclic) bond motifs is 1. The average Bonchev–Trinajstić information content (AvgIpc) is 3.24. The molecule has 2 N–H and O–H groups in total. The molecule has 0 spiro atoms. The van der Waals surface area contributed by atoms with Gasteiger partial charge < -0.3 is 19.6 Å². The SMILES string of the molecule is O=C(O)CCCCC(=O)OC[C@@H]1CC[C@H](n2cnc3c(=O)[nH]cnc32)O1. The molecule has 0 amide bonds. The number of aliphatic carboxylic acids is 1. The standard InChI is InChI=1S/C16H20N4O6/c21-12(22)3-1-2-4-13(23)25-7-10-5-6-11(26-10)20-9-19-14-15(20)17-8-18-16(14)24/h8-11H,1-7H2,(H,21,22)(H,17,18,24)/t10-,11+/m0/s1. The fourth-order valence-electron chi connectivity index (χ4n) is 2.89. The summed E-state index contributed by atoms with van der Waals surface area (Å²) in [6.07, 6.45) is 4.89. The highest BCUT2D eigenvalue weighted by atomic mass is 16.6. The van der Waals surface area contributed by atoms with Crippen molar-refractivity contribution in [3.05, 3.63) is 23.0 Å². The fourth-order valence-corrected chi connectivity index (χ4v) is 2.89. The fraction of sp³-hybridized carbons (Fsp3) is 0.562. The normalized spacial score (nSPS) is 19.7. The van der Waals surface area contributed by atoms with Gasteiger partial charge in [-0.1, -0.05) is 0 Å². The number of carbonyl (C=O) groups is 2. The lowest BCUT2D eigenvalue weighted by Gasteiger charge is -2.15. The lowest BCUT2D eigenvalue weighted by molar-refractivity contribution is -0.148. The van der Waals surface area contributed by atoms with Crippen LogP contribution in [0, 0.1) is 0 Å². The molecule has 2 aromatic heterocycles. The number of ether oxygens (including phenoxy) is 2. The van der Waals surface area contributed by atoms with E-state index in [9.17, 15) is 14.4 Å². The number of carboxylic acid groups (broad SMARTS) is 1. The van der Waals surface area contributed by atoms with Gasteiger partial charge in [-0.05, 0) is 25.7 Å². The van der Waals surface area contributed by atoms with Crippen LogP contribution >= 0.6 is 0 Å². The van der Waals surface area contributed by atoms with Crippen LogP contribution in [0.2, 0.25) is 0 Å². The summed E-state index contributed by atoms with van der Waals surface area (Å²) in [4.78, 5) is 44.5. The minimum absolute atomic E-state index is 0.0520. The molecule has 1 aliphatic rings. The third-order valence-corrected chi connectivity index (χ3v) is 4.21. The molecule has 1 aliphatic heterocycles. The number of imidazole rings is 1. The zero-order valence-electron chi connectivity index (χ0n) is 14.1. The molecule has 3 rings (SSSR count). The molecule has 0 saturated carbocycles. The first-order chi connectivity index (χ1) is 12.5. The van der Waals surface area contributed by atoms with E-state index in [4.69, 9.17) is 14.6 Å². The Balaban J connectivity index is 1.46. The number of hydrogen-bond acceptors (Lipinski definition) is 7. The Bertz CT molecular complexity index is 845. The Morgan fingerprint density at radius 1 is 1.31 bits per heavy atom. The van der Waals surface area contributed by atoms with Gasteiger partial charge in [0.05, 0.1) is 18.8 Å². The molecule has 0 aromatic carbocycles. The summed E-state index contributed by atoms with van der Waals surface area (Å²) >= 11 is 0. The second kappa shape index (κ2) is 8.09. The van der Waals surface area contributed by atoms with Gasteiger partial charge in [-0.2, -0.15) is 0 Å². The van der Waals surface area contributed by atoms with E-state index in [1.807, 2.05) is 0 Å². The van der Waals surface area contributed by atoms with Gasteiger partial charge >= 0.3 is 11.9 Å². The van der Waals surface area contributed by atoms with Crippen molar-refractivity contribution in [2.75, 3.05) is 6.61 Å². The Kier molecular flexibility index (Phi) is 5.61. The number of nitrogens with zero attached hydrogens (tertiary/aromatic N) is 3. The molecule has 0 bridgehead atoms. The average molecular weight is 364 g/mol. The highest BCUT2D eigenvalue weighted by Crippen LogP contribution is 2.30. The molecule has 140 valence electrons. The van der Waals surface area contributed by atoms with Crippen LogP contribution in [0.15, 0.2) is 17.4 Å². The molecule has 0 unspecified atom stereocenters. The number of aromatic amines is 1. The molecule has 10 heteroatoms. The highest BCUT2D eigenvalue weighted by Gasteiger charge is 2.29. The minimum atomic E-state index is -0.868. The second-order valence-corrected chi connectivity index (χ2v) is 6.13. The molecule has 2 aromatic rings. The molecular weight excluding hydrogens is 344 g/mol. The second-order valence-electron chi connectivity index (χ2n) is 6.13. The van der Waals surface area contributed by atoms with E-state index in [0.717, 1.165) is 0 Å². The number of nitrogens with one attached hydrogen (secondary N) is 1. The Hall–Kier alpha value is -2.75. The maximum atomic E-state index is 11.7. The smallest absolute Gasteiger partial charge is 0.305 e. The van der Waals surface area contributed by atoms with Crippen LogP contribution in [0.25, 0.3) is 11.2 Å². The zero-order chi connectivity index (χ0) is 18.5. The van der Waals surface area contributed by atoms with Gasteiger partial charge in [0.15, 0.2) is 11.2 Å². The van der Waals surface area contributed by atoms with Crippen molar-refractivity contribution in [1.29, 1.82) is 0 Å². The van der Waals surface area contributed by atoms with Crippen molar-refractivity contribution < 1.29 is 24.2 Å². The number of esters is 1. The summed E-state index contributed by atoms with van der Waals surface area (Å²) < 4.78 is 12.8. The number of hydrogen-bond donors (Lipinski definition) is 2. The predicted octanol–water partition coefficient (Wildman–Crippen LogP) is 0.985. The van der Waals surface area contributed by atoms with Crippen molar-refractivity contribution in [3.8, 4) is 0 Å². The molecule has 1 fully saturated rings. The first kappa shape index (κ1) is 18.1. The van der Waals surface area contributed by atoms with E-state index in [1.54, 1.807) is 4.57 Å². The Morgan fingerprint density at radius 2 is 2.12 bits per heavy atom. The van der Waals surface area contributed by atoms with Crippen LogP contribution < -0.4 is 5.56 Å². The van der Waals surface area contributed by atoms with E-state index in [1.165, 1.54) is 12.7 Å². The zero-order valence-corrected chi connectivity index (χ0v) is 14.1. The van der Waals surface area contributed by atoms with Crippen LogP contribution in [-0.2, 0) is 19.1 Å². The highest BCUT2D eigenvalue weighted by molar-refractivity contribution is 5.70. The third kappa shape index (κ3) is 4.26. The summed E-state index contributed by atoms with van der Waals surface area (Å²) in [5, 5.41) is 8.55. The van der Waals surface area contributed by atoms with Gasteiger partial charge in [0.25, 0.3) is 5.56 Å². The maximum Gasteiger partial charge on any atom is 0.305 e. The van der Waals surface area contributed by atoms with Crippen molar-refractivity contribution in [1.82, 2.24) is 19.5 Å². The summed E-state index contributed by atoms with van der Waals surface area (Å²) in [7, 11) is 0. The molecule has 0 aliphatic carbocycles. The van der Waals surface area contributed by atoms with E-state index >= 15 is 0 Å². The summed E-state index contributed by atoms with van der Waals surface area (Å²) in [6, 6.07) is 0. The maximum absolute atomic E-state index is 11.7. The van der Waals surface area contributed by atoms with E-state index in [-0.39, 0.29) is 48.8 Å². The first-order valence-corrected chi connectivity index (χ1v) is 8.47. The molecule has 0 radical (unpaired) electrons. The van der Waals surface area contributed by atoms with E-state index < -0.39 is 5.97 Å². The van der Waals surface area contributed by atoms with Gasteiger partial charge in [-0.3, -0.25) is 19.0 Å². The number of carboxylic acids is 1. The van der Waals surface area contributed by atoms with Crippen LogP contribution in [0.3, 0.4) is 0 Å². The van der Waals surface area contributed by atoms with Gasteiger partial charge in [0.1, 0.15) is 12.8 Å². The van der Waals surface area contributed by atoms with Crippen LogP contribution in [0.4, 0.5) is 0 Å². The molecule has 3 heterocycles. The Labute approximate surface area is 148 Å². The molecule has 2 atom stereocenters. The van der Waals surface area contributed by atoms with Gasteiger partial charge in [-0.15, -0.1) is 0 Å². The number of rotatable bonds is 8. The van der Waals surface area contributed by atoms with Gasteiger partial charge in [-0.25, -0.2) is 9.97 Å². The van der Waals surface area contributed by atoms with Crippen molar-refractivity contribution >= 4 is 23.1 Å². The van der Waals surface area contributed by atoms with Crippen molar-refractivity contribution in [2.24, 2.45) is 0 Å². The number of carbonyl (C=O) groups excluding carboxylic acids is 1. The summed E-state index contributed by atoms with van der Waals surface area (Å²) in [5.41, 5.74) is 0.405. The lowest BCUT2D eigenvalue weighted by Crippen LogP contribution is -2.19. The molecule has 1 saturated heterocycles. The van der Waals surface area contributed by atoms with Crippen LogP contribution in [0.1, 0.15) is 44.8 Å². The van der Waals surface area contributed by atoms with Crippen molar-refractivity contribution in [3.63, 3.8) is 0 Å². The van der Waals surface area contributed by atoms with Crippen LogP contribution in [-0.4, -0.2) is 49.3 Å². The number of H-pyrrole nitrogens is 1. The monoisotopic (exact) mass is 364 g/mol. The van der Waals surface area contributed by atoms with E-state index in [0.29, 0.717) is 31.3 Å². The minimum Gasteiger partial charge on any atom is -0.481 e. The van der Waals surface area contributed by atoms with Crippen LogP contribution in [0.5, 0.6) is 0 Å². The van der Waals surface area contributed by atoms with Gasteiger partial charge in [0, 0.05) is 12.8 Å². The molecule has 26 heavy (non-hydrogen) atoms. The number of unbranched alkanes of at least 4 members (excludes halogenated alkanes) is 1. The quantitative estimate of drug-likeness (QED) is 0.522. The Morgan fingerprint density at radius 3 is 2.92 bits per heavy atom. The van der Waals surface area contributed by atoms with E-state index in [2.05, 4.69) is 15.0 Å². The first-order valence-electron chi connectivity index (χ1n) is 8.47. The summed E-state index contributed by atoms with van der Waals surface area (Å²) in [5.74, 6) is -1.23. The largest absolute Gasteiger partial charge is 0.481 e. The molecule has 10 nitrogen and oxygen atoms in total. The third-order valence-electron chi connectivity index (χ3n) is 4.21. The number of aromatic nitrogens is 4.